The first-order chi connectivity index (χ1) is 8.20. The van der Waals surface area contributed by atoms with Gasteiger partial charge in [0.05, 0.1) is 11.9 Å². The number of hydrogen-bond acceptors (Lipinski definition) is 3. The lowest BCUT2D eigenvalue weighted by atomic mass is 9.97. The van der Waals surface area contributed by atoms with E-state index in [2.05, 4.69) is 42.0 Å². The number of aryl methyl sites for hydroxylation is 1. The van der Waals surface area contributed by atoms with Gasteiger partial charge in [-0.1, -0.05) is 20.3 Å². The minimum absolute atomic E-state index is 0.606. The summed E-state index contributed by atoms with van der Waals surface area (Å²) in [6, 6.07) is 2.83. The Balaban J connectivity index is 2.07. The quantitative estimate of drug-likeness (QED) is 0.867. The minimum atomic E-state index is 0.606. The summed E-state index contributed by atoms with van der Waals surface area (Å²) in [5, 5.41) is 3.62. The maximum Gasteiger partial charge on any atom is 0.0556 e. The van der Waals surface area contributed by atoms with Crippen molar-refractivity contribution in [2.75, 3.05) is 24.5 Å². The molecule has 3 heteroatoms. The van der Waals surface area contributed by atoms with Crippen molar-refractivity contribution in [1.29, 1.82) is 0 Å². The third-order valence-corrected chi connectivity index (χ3v) is 3.76. The second-order valence-electron chi connectivity index (χ2n) is 5.11. The number of anilines is 1. The smallest absolute Gasteiger partial charge is 0.0556 e. The minimum Gasteiger partial charge on any atom is -0.367 e. The third-order valence-electron chi connectivity index (χ3n) is 3.76. The molecule has 0 radical (unpaired) electrons. The van der Waals surface area contributed by atoms with Gasteiger partial charge in [-0.3, -0.25) is 4.98 Å². The van der Waals surface area contributed by atoms with Gasteiger partial charge in [-0.25, -0.2) is 0 Å². The van der Waals surface area contributed by atoms with E-state index in [-0.39, 0.29) is 0 Å². The first kappa shape index (κ1) is 12.4. The zero-order valence-electron chi connectivity index (χ0n) is 11.1. The topological polar surface area (TPSA) is 28.2 Å². The van der Waals surface area contributed by atoms with E-state index in [1.54, 1.807) is 0 Å². The first-order valence-electron chi connectivity index (χ1n) is 6.60. The molecule has 1 aliphatic rings. The second-order valence-corrected chi connectivity index (χ2v) is 5.11. The fourth-order valence-corrected chi connectivity index (χ4v) is 2.39. The summed E-state index contributed by atoms with van der Waals surface area (Å²) in [6.45, 7) is 9.95. The van der Waals surface area contributed by atoms with Gasteiger partial charge < -0.3 is 10.2 Å². The van der Waals surface area contributed by atoms with Crippen LogP contribution in [0.1, 0.15) is 25.8 Å². The molecule has 1 fully saturated rings. The zero-order valence-corrected chi connectivity index (χ0v) is 11.1. The largest absolute Gasteiger partial charge is 0.367 e. The number of piperazine rings is 1. The summed E-state index contributed by atoms with van der Waals surface area (Å²) >= 11 is 0. The molecule has 1 saturated heterocycles. The fourth-order valence-electron chi connectivity index (χ4n) is 2.39. The number of pyridine rings is 1. The molecule has 94 valence electrons. The summed E-state index contributed by atoms with van der Waals surface area (Å²) in [6.07, 6.45) is 5.13. The van der Waals surface area contributed by atoms with Crippen molar-refractivity contribution in [2.45, 2.75) is 33.2 Å². The van der Waals surface area contributed by atoms with Gasteiger partial charge in [-0.15, -0.1) is 0 Å². The van der Waals surface area contributed by atoms with Crippen molar-refractivity contribution in [2.24, 2.45) is 5.92 Å². The van der Waals surface area contributed by atoms with Gasteiger partial charge in [-0.2, -0.15) is 0 Å². The maximum absolute atomic E-state index is 4.29. The standard InChI is InChI=1S/C14H23N3/c1-4-12(3)14-10-17(6-5-16-14)13-7-11(2)8-15-9-13/h7-9,12,14,16H,4-6,10H2,1-3H3. The highest BCUT2D eigenvalue weighted by Gasteiger charge is 2.23. The van der Waals surface area contributed by atoms with Crippen LogP contribution in [-0.4, -0.2) is 30.7 Å². The van der Waals surface area contributed by atoms with Crippen LogP contribution < -0.4 is 10.2 Å². The Labute approximate surface area is 104 Å². The van der Waals surface area contributed by atoms with Crippen LogP contribution in [0.15, 0.2) is 18.5 Å². The van der Waals surface area contributed by atoms with E-state index >= 15 is 0 Å². The van der Waals surface area contributed by atoms with Crippen LogP contribution in [0.25, 0.3) is 0 Å². The Morgan fingerprint density at radius 3 is 3.06 bits per heavy atom. The molecule has 1 aromatic rings. The maximum atomic E-state index is 4.29. The molecule has 1 aromatic heterocycles. The van der Waals surface area contributed by atoms with Crippen molar-refractivity contribution in [3.05, 3.63) is 24.0 Å². The SMILES string of the molecule is CCC(C)C1CN(c2cncc(C)c2)CCN1. The Morgan fingerprint density at radius 2 is 2.35 bits per heavy atom. The van der Waals surface area contributed by atoms with Gasteiger partial charge in [-0.05, 0) is 24.5 Å². The van der Waals surface area contributed by atoms with Gasteiger partial charge in [0.2, 0.25) is 0 Å². The summed E-state index contributed by atoms with van der Waals surface area (Å²) in [5.74, 6) is 0.732. The highest BCUT2D eigenvalue weighted by molar-refractivity contribution is 5.46. The summed E-state index contributed by atoms with van der Waals surface area (Å²) in [5.41, 5.74) is 2.50. The van der Waals surface area contributed by atoms with Crippen LogP contribution in [0.3, 0.4) is 0 Å². The molecule has 0 saturated carbocycles. The van der Waals surface area contributed by atoms with E-state index in [1.165, 1.54) is 17.7 Å². The molecule has 3 nitrogen and oxygen atoms in total. The Hall–Kier alpha value is -1.09. The average Bonchev–Trinajstić information content (AvgIpc) is 2.38. The first-order valence-corrected chi connectivity index (χ1v) is 6.60. The molecule has 0 bridgehead atoms. The van der Waals surface area contributed by atoms with Gasteiger partial charge in [0, 0.05) is 31.9 Å². The highest BCUT2D eigenvalue weighted by atomic mass is 15.2. The molecule has 0 aliphatic carbocycles. The molecule has 2 unspecified atom stereocenters. The van der Waals surface area contributed by atoms with E-state index in [0.29, 0.717) is 6.04 Å². The summed E-state index contributed by atoms with van der Waals surface area (Å²) < 4.78 is 0. The van der Waals surface area contributed by atoms with Crippen molar-refractivity contribution < 1.29 is 0 Å². The number of rotatable bonds is 3. The lowest BCUT2D eigenvalue weighted by Crippen LogP contribution is -2.53. The van der Waals surface area contributed by atoms with Crippen molar-refractivity contribution >= 4 is 5.69 Å². The Kier molecular flexibility index (Phi) is 4.00. The number of nitrogens with zero attached hydrogens (tertiary/aromatic N) is 2. The third kappa shape index (κ3) is 2.97. The van der Waals surface area contributed by atoms with E-state index in [9.17, 15) is 0 Å². The van der Waals surface area contributed by atoms with E-state index in [0.717, 1.165) is 25.6 Å². The molecule has 17 heavy (non-hydrogen) atoms. The molecule has 0 spiro atoms. The predicted molar refractivity (Wildman–Crippen MR) is 72.4 cm³/mol. The summed E-state index contributed by atoms with van der Waals surface area (Å²) in [7, 11) is 0. The fraction of sp³-hybridized carbons (Fsp3) is 0.643. The number of nitrogens with one attached hydrogen (secondary N) is 1. The lowest BCUT2D eigenvalue weighted by molar-refractivity contribution is 0.341. The zero-order chi connectivity index (χ0) is 12.3. The Bertz CT molecular complexity index is 364. The van der Waals surface area contributed by atoms with Gasteiger partial charge >= 0.3 is 0 Å². The van der Waals surface area contributed by atoms with E-state index in [4.69, 9.17) is 0 Å². The normalized spacial score (nSPS) is 22.5. The monoisotopic (exact) mass is 233 g/mol. The van der Waals surface area contributed by atoms with Crippen LogP contribution >= 0.6 is 0 Å². The Morgan fingerprint density at radius 1 is 1.53 bits per heavy atom. The molecule has 1 N–H and O–H groups in total. The molecular formula is C14H23N3. The number of aromatic nitrogens is 1. The average molecular weight is 233 g/mol. The van der Waals surface area contributed by atoms with E-state index < -0.39 is 0 Å². The molecule has 2 heterocycles. The molecule has 0 amide bonds. The van der Waals surface area contributed by atoms with Gasteiger partial charge in [0.25, 0.3) is 0 Å². The van der Waals surface area contributed by atoms with Crippen LogP contribution in [-0.2, 0) is 0 Å². The second kappa shape index (κ2) is 5.50. The van der Waals surface area contributed by atoms with Crippen molar-refractivity contribution in [3.8, 4) is 0 Å². The summed E-state index contributed by atoms with van der Waals surface area (Å²) in [4.78, 5) is 6.74. The van der Waals surface area contributed by atoms with Crippen LogP contribution in [0.2, 0.25) is 0 Å². The van der Waals surface area contributed by atoms with Crippen molar-refractivity contribution in [1.82, 2.24) is 10.3 Å². The predicted octanol–water partition coefficient (Wildman–Crippen LogP) is 2.21. The highest BCUT2D eigenvalue weighted by Crippen LogP contribution is 2.19. The molecule has 1 aliphatic heterocycles. The van der Waals surface area contributed by atoms with Crippen LogP contribution in [0.5, 0.6) is 0 Å². The molecule has 2 rings (SSSR count). The molecule has 0 aromatic carbocycles. The van der Waals surface area contributed by atoms with E-state index in [1.807, 2.05) is 12.4 Å². The van der Waals surface area contributed by atoms with Crippen LogP contribution in [0, 0.1) is 12.8 Å². The lowest BCUT2D eigenvalue weighted by Gasteiger charge is -2.37. The molecular weight excluding hydrogens is 210 g/mol. The van der Waals surface area contributed by atoms with Gasteiger partial charge in [0.15, 0.2) is 0 Å². The van der Waals surface area contributed by atoms with Gasteiger partial charge in [0.1, 0.15) is 0 Å². The van der Waals surface area contributed by atoms with Crippen molar-refractivity contribution in [3.63, 3.8) is 0 Å². The number of hydrogen-bond donors (Lipinski definition) is 1. The van der Waals surface area contributed by atoms with Crippen LogP contribution in [0.4, 0.5) is 5.69 Å². The molecule has 2 atom stereocenters.